The van der Waals surface area contributed by atoms with Crippen molar-refractivity contribution in [3.05, 3.63) is 107 Å². The molecule has 0 saturated heterocycles. The summed E-state index contributed by atoms with van der Waals surface area (Å²) in [4.78, 5) is 71.4. The number of fused-ring (bicyclic) bond motifs is 3. The van der Waals surface area contributed by atoms with Crippen LogP contribution in [-0.4, -0.2) is 52.1 Å². The SMILES string of the molecule is CCC(C)[C@H](NC(=O)Cc1ccccc1F)C(=O)N[C@]1(C(=O)NC(C(=O)NNC(=O)c2ccccc2)[C@@H](C)CC)CCc2[nH]c3c(C(F)(F)F)cccc3c2C1. The molecule has 0 spiro atoms. The highest BCUT2D eigenvalue weighted by molar-refractivity contribution is 6.00. The summed E-state index contributed by atoms with van der Waals surface area (Å²) in [5.74, 6) is -5.03. The second-order valence-electron chi connectivity index (χ2n) is 14.4. The van der Waals surface area contributed by atoms with Crippen molar-refractivity contribution in [1.29, 1.82) is 0 Å². The lowest BCUT2D eigenvalue weighted by molar-refractivity contribution is -0.139. The van der Waals surface area contributed by atoms with Crippen molar-refractivity contribution in [3.8, 4) is 0 Å². The van der Waals surface area contributed by atoms with Crippen molar-refractivity contribution in [1.82, 2.24) is 31.8 Å². The number of halogens is 4. The van der Waals surface area contributed by atoms with Gasteiger partial charge in [-0.25, -0.2) is 4.39 Å². The second-order valence-corrected chi connectivity index (χ2v) is 14.4. The Morgan fingerprint density at radius 2 is 1.45 bits per heavy atom. The predicted molar refractivity (Wildman–Crippen MR) is 201 cm³/mol. The molecule has 1 aliphatic carbocycles. The Bertz CT molecular complexity index is 2090. The molecule has 0 radical (unpaired) electrons. The fourth-order valence-electron chi connectivity index (χ4n) is 6.96. The molecule has 4 aromatic rings. The molecule has 0 aliphatic heterocycles. The maximum absolute atomic E-state index is 14.7. The second kappa shape index (κ2) is 17.4. The minimum atomic E-state index is -4.67. The number of aryl methyl sites for hydroxylation is 1. The van der Waals surface area contributed by atoms with E-state index in [9.17, 15) is 41.5 Å². The van der Waals surface area contributed by atoms with Crippen LogP contribution in [0, 0.1) is 17.7 Å². The van der Waals surface area contributed by atoms with Gasteiger partial charge < -0.3 is 20.9 Å². The first-order chi connectivity index (χ1) is 26.6. The number of benzene rings is 3. The molecule has 1 heterocycles. The van der Waals surface area contributed by atoms with Crippen molar-refractivity contribution in [3.63, 3.8) is 0 Å². The minimum Gasteiger partial charge on any atom is -0.358 e. The Morgan fingerprint density at radius 1 is 0.804 bits per heavy atom. The molecule has 6 N–H and O–H groups in total. The number of rotatable bonds is 13. The van der Waals surface area contributed by atoms with Gasteiger partial charge >= 0.3 is 6.18 Å². The summed E-state index contributed by atoms with van der Waals surface area (Å²) >= 11 is 0. The number of aromatic nitrogens is 1. The van der Waals surface area contributed by atoms with Gasteiger partial charge in [0.1, 0.15) is 23.4 Å². The fourth-order valence-corrected chi connectivity index (χ4v) is 6.96. The van der Waals surface area contributed by atoms with E-state index in [1.54, 1.807) is 64.1 Å². The fraction of sp³-hybridized carbons (Fsp3) is 0.390. The first-order valence-corrected chi connectivity index (χ1v) is 18.6. The highest BCUT2D eigenvalue weighted by atomic mass is 19.4. The van der Waals surface area contributed by atoms with Gasteiger partial charge in [-0.2, -0.15) is 13.2 Å². The topological polar surface area (TPSA) is 161 Å². The van der Waals surface area contributed by atoms with Crippen LogP contribution in [-0.2, 0) is 44.6 Å². The van der Waals surface area contributed by atoms with Crippen molar-refractivity contribution >= 4 is 40.4 Å². The highest BCUT2D eigenvalue weighted by Gasteiger charge is 2.47. The molecule has 0 fully saturated rings. The molecule has 0 bridgehead atoms. The molecule has 1 aliphatic rings. The Morgan fingerprint density at radius 3 is 2.09 bits per heavy atom. The summed E-state index contributed by atoms with van der Waals surface area (Å²) in [5, 5.41) is 8.56. The number of nitrogens with one attached hydrogen (secondary N) is 6. The van der Waals surface area contributed by atoms with E-state index >= 15 is 0 Å². The van der Waals surface area contributed by atoms with Gasteiger partial charge in [0.15, 0.2) is 0 Å². The first-order valence-electron chi connectivity index (χ1n) is 18.6. The van der Waals surface area contributed by atoms with Gasteiger partial charge in [-0.15, -0.1) is 0 Å². The number of alkyl halides is 3. The van der Waals surface area contributed by atoms with Crippen molar-refractivity contribution in [2.75, 3.05) is 0 Å². The van der Waals surface area contributed by atoms with Crippen LogP contribution in [0.25, 0.3) is 10.9 Å². The zero-order chi connectivity index (χ0) is 40.8. The molecule has 1 aromatic heterocycles. The van der Waals surface area contributed by atoms with Crippen LogP contribution in [0.15, 0.2) is 72.8 Å². The van der Waals surface area contributed by atoms with E-state index in [1.807, 2.05) is 0 Å². The van der Waals surface area contributed by atoms with Crippen LogP contribution in [0.1, 0.15) is 79.7 Å². The molecule has 5 atom stereocenters. The van der Waals surface area contributed by atoms with E-state index in [4.69, 9.17) is 0 Å². The summed E-state index contributed by atoms with van der Waals surface area (Å²) in [7, 11) is 0. The maximum atomic E-state index is 14.7. The van der Waals surface area contributed by atoms with Crippen LogP contribution in [0.3, 0.4) is 0 Å². The maximum Gasteiger partial charge on any atom is 0.418 e. The van der Waals surface area contributed by atoms with Crippen LogP contribution in [0.2, 0.25) is 0 Å². The van der Waals surface area contributed by atoms with Crippen molar-refractivity contribution in [2.24, 2.45) is 11.8 Å². The van der Waals surface area contributed by atoms with Gasteiger partial charge in [0.05, 0.1) is 17.5 Å². The number of hydrogen-bond acceptors (Lipinski definition) is 5. The Kier molecular flexibility index (Phi) is 12.9. The van der Waals surface area contributed by atoms with E-state index < -0.39 is 76.6 Å². The molecular weight excluding hydrogens is 732 g/mol. The smallest absolute Gasteiger partial charge is 0.358 e. The summed E-state index contributed by atoms with van der Waals surface area (Å²) in [6.07, 6.45) is -4.47. The van der Waals surface area contributed by atoms with Crippen LogP contribution >= 0.6 is 0 Å². The predicted octanol–water partition coefficient (Wildman–Crippen LogP) is 5.44. The standard InChI is InChI=1S/C41H46F4N6O5/c1-5-23(3)33(47-32(52)21-26-15-10-11-18-30(26)42)37(54)49-40(20-19-31-28(22-40)27-16-12-17-29(35(27)46-31)41(43,44)45)39(56)48-34(24(4)6-2)38(55)51-50-36(53)25-13-8-7-9-14-25/h7-18,23-24,33-34,46H,5-6,19-22H2,1-4H3,(H,47,52)(H,48,56)(H,49,54)(H,50,53)(H,51,55)/t23?,24-,33-,34?,40+/m0/s1. The third-order valence-electron chi connectivity index (χ3n) is 10.7. The van der Waals surface area contributed by atoms with Gasteiger partial charge in [-0.1, -0.05) is 89.1 Å². The molecule has 2 unspecified atom stereocenters. The molecule has 11 nitrogen and oxygen atoms in total. The van der Waals surface area contributed by atoms with Crippen LogP contribution in [0.5, 0.6) is 0 Å². The number of H-pyrrole nitrogens is 1. The van der Waals surface area contributed by atoms with Gasteiger partial charge in [0.25, 0.3) is 11.8 Å². The summed E-state index contributed by atoms with van der Waals surface area (Å²) in [6.45, 7) is 7.05. The first kappa shape index (κ1) is 41.4. The summed E-state index contributed by atoms with van der Waals surface area (Å²) < 4.78 is 56.6. The highest BCUT2D eigenvalue weighted by Crippen LogP contribution is 2.40. The monoisotopic (exact) mass is 778 g/mol. The minimum absolute atomic E-state index is 0.0516. The van der Waals surface area contributed by atoms with Gasteiger partial charge in [-0.3, -0.25) is 34.8 Å². The Balaban J connectivity index is 1.48. The third-order valence-corrected chi connectivity index (χ3v) is 10.7. The average molecular weight is 779 g/mol. The number of carbonyl (C=O) groups is 5. The van der Waals surface area contributed by atoms with Gasteiger partial charge in [0, 0.05) is 23.1 Å². The number of hydrazine groups is 1. The third kappa shape index (κ3) is 9.20. The number of para-hydroxylation sites is 1. The molecule has 5 amide bonds. The molecular formula is C41H46F4N6O5. The number of amides is 5. The lowest BCUT2D eigenvalue weighted by Gasteiger charge is -2.39. The largest absolute Gasteiger partial charge is 0.418 e. The van der Waals surface area contributed by atoms with E-state index in [2.05, 4.69) is 31.8 Å². The van der Waals surface area contributed by atoms with E-state index in [1.165, 1.54) is 30.3 Å². The average Bonchev–Trinajstić information content (AvgIpc) is 3.55. The summed E-state index contributed by atoms with van der Waals surface area (Å²) in [5.41, 5.74) is 3.12. The number of carbonyl (C=O) groups excluding carboxylic acids is 5. The molecule has 56 heavy (non-hydrogen) atoms. The van der Waals surface area contributed by atoms with Crippen molar-refractivity contribution < 1.29 is 41.5 Å². The van der Waals surface area contributed by atoms with E-state index in [-0.39, 0.29) is 47.7 Å². The summed E-state index contributed by atoms with van der Waals surface area (Å²) in [6, 6.07) is 15.2. The van der Waals surface area contributed by atoms with Gasteiger partial charge in [0.2, 0.25) is 17.7 Å². The van der Waals surface area contributed by atoms with Crippen LogP contribution in [0.4, 0.5) is 17.6 Å². The zero-order valence-corrected chi connectivity index (χ0v) is 31.5. The van der Waals surface area contributed by atoms with Crippen LogP contribution < -0.4 is 26.8 Å². The Labute approximate surface area is 321 Å². The zero-order valence-electron chi connectivity index (χ0n) is 31.5. The molecule has 15 heteroatoms. The molecule has 3 aromatic carbocycles. The number of aromatic amines is 1. The molecule has 0 saturated carbocycles. The van der Waals surface area contributed by atoms with Gasteiger partial charge in [-0.05, 0) is 60.1 Å². The van der Waals surface area contributed by atoms with Crippen molar-refractivity contribution in [2.45, 2.75) is 90.0 Å². The molecule has 298 valence electrons. The lowest BCUT2D eigenvalue weighted by Crippen LogP contribution is -2.67. The Hall–Kier alpha value is -5.73. The van der Waals surface area contributed by atoms with E-state index in [0.717, 1.165) is 6.07 Å². The molecule has 5 rings (SSSR count). The normalized spacial score (nSPS) is 17.4. The number of hydrogen-bond donors (Lipinski definition) is 6. The lowest BCUT2D eigenvalue weighted by atomic mass is 9.78. The quantitative estimate of drug-likeness (QED) is 0.0787. The van der Waals surface area contributed by atoms with E-state index in [0.29, 0.717) is 24.1 Å².